The van der Waals surface area contributed by atoms with Crippen molar-refractivity contribution in [3.63, 3.8) is 0 Å². The largest absolute Gasteiger partial charge is 0.497 e. The summed E-state index contributed by atoms with van der Waals surface area (Å²) >= 11 is 7.24. The maximum Gasteiger partial charge on any atom is 0.173 e. The molecule has 124 valence electrons. The molecular formula is C18H19N3OS2. The third kappa shape index (κ3) is 3.49. The van der Waals surface area contributed by atoms with Gasteiger partial charge in [0.2, 0.25) is 0 Å². The summed E-state index contributed by atoms with van der Waals surface area (Å²) in [6, 6.07) is 16.0. The lowest BCUT2D eigenvalue weighted by molar-refractivity contribution is 0.407. The van der Waals surface area contributed by atoms with Crippen molar-refractivity contribution >= 4 is 44.6 Å². The normalized spacial score (nSPS) is 12.0. The van der Waals surface area contributed by atoms with Crippen molar-refractivity contribution in [3.8, 4) is 5.75 Å². The van der Waals surface area contributed by atoms with Gasteiger partial charge in [-0.1, -0.05) is 12.1 Å². The van der Waals surface area contributed by atoms with E-state index in [0.717, 1.165) is 22.0 Å². The van der Waals surface area contributed by atoms with Crippen LogP contribution in [0.1, 0.15) is 18.0 Å². The van der Waals surface area contributed by atoms with E-state index >= 15 is 0 Å². The highest BCUT2D eigenvalue weighted by Crippen LogP contribution is 2.29. The van der Waals surface area contributed by atoms with Crippen molar-refractivity contribution in [2.24, 2.45) is 0 Å². The molecule has 1 N–H and O–H groups in total. The van der Waals surface area contributed by atoms with Crippen LogP contribution in [0.2, 0.25) is 0 Å². The van der Waals surface area contributed by atoms with Crippen LogP contribution >= 0.6 is 23.6 Å². The molecule has 0 saturated heterocycles. The van der Waals surface area contributed by atoms with Crippen molar-refractivity contribution in [2.75, 3.05) is 19.5 Å². The van der Waals surface area contributed by atoms with Crippen molar-refractivity contribution in [2.45, 2.75) is 13.0 Å². The smallest absolute Gasteiger partial charge is 0.173 e. The summed E-state index contributed by atoms with van der Waals surface area (Å²) in [5.74, 6) is 0.822. The number of nitrogens with zero attached hydrogens (tertiary/aromatic N) is 2. The van der Waals surface area contributed by atoms with E-state index in [4.69, 9.17) is 21.9 Å². The average molecular weight is 358 g/mol. The van der Waals surface area contributed by atoms with E-state index in [2.05, 4.69) is 18.3 Å². The number of rotatable bonds is 4. The van der Waals surface area contributed by atoms with Crippen molar-refractivity contribution in [1.29, 1.82) is 0 Å². The Morgan fingerprint density at radius 2 is 1.92 bits per heavy atom. The third-order valence-electron chi connectivity index (χ3n) is 3.91. The summed E-state index contributed by atoms with van der Waals surface area (Å²) in [6.07, 6.45) is 0. The van der Waals surface area contributed by atoms with Crippen molar-refractivity contribution in [1.82, 2.24) is 9.88 Å². The van der Waals surface area contributed by atoms with Crippen LogP contribution in [-0.2, 0) is 0 Å². The van der Waals surface area contributed by atoms with Gasteiger partial charge in [0.15, 0.2) is 5.11 Å². The fourth-order valence-corrected chi connectivity index (χ4v) is 3.64. The van der Waals surface area contributed by atoms with Gasteiger partial charge >= 0.3 is 0 Å². The number of thiazole rings is 1. The molecule has 1 aromatic heterocycles. The third-order valence-corrected chi connectivity index (χ3v) is 5.51. The zero-order valence-corrected chi connectivity index (χ0v) is 15.4. The van der Waals surface area contributed by atoms with Gasteiger partial charge in [-0.15, -0.1) is 11.3 Å². The second-order valence-electron chi connectivity index (χ2n) is 5.47. The number of nitrogens with one attached hydrogen (secondary N) is 1. The Morgan fingerprint density at radius 3 is 2.58 bits per heavy atom. The van der Waals surface area contributed by atoms with Gasteiger partial charge in [0.05, 0.1) is 23.4 Å². The number of anilines is 1. The van der Waals surface area contributed by atoms with Gasteiger partial charge in [0.1, 0.15) is 10.8 Å². The van der Waals surface area contributed by atoms with E-state index in [1.165, 1.54) is 4.70 Å². The van der Waals surface area contributed by atoms with Gasteiger partial charge in [-0.2, -0.15) is 0 Å². The van der Waals surface area contributed by atoms with Gasteiger partial charge < -0.3 is 15.0 Å². The molecule has 0 spiro atoms. The maximum atomic E-state index is 5.54. The molecule has 2 aromatic carbocycles. The number of benzene rings is 2. The highest BCUT2D eigenvalue weighted by Gasteiger charge is 2.18. The van der Waals surface area contributed by atoms with Crippen LogP contribution in [0.25, 0.3) is 10.2 Å². The summed E-state index contributed by atoms with van der Waals surface area (Å²) in [6.45, 7) is 2.11. The van der Waals surface area contributed by atoms with Gasteiger partial charge in [-0.3, -0.25) is 0 Å². The molecule has 0 radical (unpaired) electrons. The highest BCUT2D eigenvalue weighted by atomic mass is 32.1. The van der Waals surface area contributed by atoms with Crippen LogP contribution in [0.4, 0.5) is 5.69 Å². The number of hydrogen-bond acceptors (Lipinski definition) is 4. The Balaban J connectivity index is 1.71. The molecule has 0 unspecified atom stereocenters. The molecule has 0 saturated carbocycles. The standard InChI is InChI=1S/C18H19N3OS2/c1-12(17-20-15-6-4-5-7-16(15)24-17)21(2)18(23)19-13-8-10-14(22-3)11-9-13/h4-12H,1-3H3,(H,19,23)/t12-/m1/s1. The minimum atomic E-state index is 0.0978. The number of fused-ring (bicyclic) bond motifs is 1. The Hall–Kier alpha value is -2.18. The zero-order valence-electron chi connectivity index (χ0n) is 13.8. The molecule has 4 nitrogen and oxygen atoms in total. The minimum Gasteiger partial charge on any atom is -0.497 e. The van der Waals surface area contributed by atoms with Crippen LogP contribution < -0.4 is 10.1 Å². The first-order valence-electron chi connectivity index (χ1n) is 7.62. The molecule has 1 atom stereocenters. The Labute approximate surface area is 151 Å². The molecule has 0 fully saturated rings. The van der Waals surface area contributed by atoms with Gasteiger partial charge in [0.25, 0.3) is 0 Å². The lowest BCUT2D eigenvalue weighted by atomic mass is 10.3. The average Bonchev–Trinajstić information content (AvgIpc) is 3.05. The first-order chi connectivity index (χ1) is 11.6. The number of thiocarbonyl (C=S) groups is 1. The molecule has 0 amide bonds. The van der Waals surface area contributed by atoms with E-state index in [1.54, 1.807) is 18.4 Å². The second-order valence-corrected chi connectivity index (χ2v) is 6.91. The molecule has 6 heteroatoms. The molecule has 3 aromatic rings. The molecule has 3 rings (SSSR count). The lowest BCUT2D eigenvalue weighted by Gasteiger charge is -2.26. The molecular weight excluding hydrogens is 338 g/mol. The number of aromatic nitrogens is 1. The summed E-state index contributed by atoms with van der Waals surface area (Å²) in [4.78, 5) is 6.74. The Kier molecular flexibility index (Phi) is 4.97. The summed E-state index contributed by atoms with van der Waals surface area (Å²) < 4.78 is 6.36. The van der Waals surface area contributed by atoms with Gasteiger partial charge in [-0.05, 0) is 55.5 Å². The van der Waals surface area contributed by atoms with E-state index in [1.807, 2.05) is 54.4 Å². The topological polar surface area (TPSA) is 37.4 Å². The lowest BCUT2D eigenvalue weighted by Crippen LogP contribution is -2.33. The number of methoxy groups -OCH3 is 1. The molecule has 0 aliphatic rings. The van der Waals surface area contributed by atoms with E-state index in [9.17, 15) is 0 Å². The summed E-state index contributed by atoms with van der Waals surface area (Å²) in [5, 5.41) is 4.97. The maximum absolute atomic E-state index is 5.54. The van der Waals surface area contributed by atoms with Crippen LogP contribution in [0, 0.1) is 0 Å². The predicted octanol–water partition coefficient (Wildman–Crippen LogP) is 4.69. The van der Waals surface area contributed by atoms with Crippen LogP contribution in [0.3, 0.4) is 0 Å². The predicted molar refractivity (Wildman–Crippen MR) is 105 cm³/mol. The molecule has 0 aliphatic carbocycles. The monoisotopic (exact) mass is 357 g/mol. The van der Waals surface area contributed by atoms with Gasteiger partial charge in [0, 0.05) is 12.7 Å². The zero-order chi connectivity index (χ0) is 17.1. The van der Waals surface area contributed by atoms with Crippen molar-refractivity contribution < 1.29 is 4.74 Å². The molecule has 0 aliphatic heterocycles. The molecule has 0 bridgehead atoms. The van der Waals surface area contributed by atoms with E-state index in [0.29, 0.717) is 5.11 Å². The summed E-state index contributed by atoms with van der Waals surface area (Å²) in [7, 11) is 3.64. The van der Waals surface area contributed by atoms with Crippen molar-refractivity contribution in [3.05, 3.63) is 53.5 Å². The second kappa shape index (κ2) is 7.15. The van der Waals surface area contributed by atoms with Crippen LogP contribution in [0.15, 0.2) is 48.5 Å². The summed E-state index contributed by atoms with van der Waals surface area (Å²) in [5.41, 5.74) is 1.97. The number of para-hydroxylation sites is 1. The number of ether oxygens (including phenoxy) is 1. The Bertz CT molecular complexity index is 812. The highest BCUT2D eigenvalue weighted by molar-refractivity contribution is 7.80. The van der Waals surface area contributed by atoms with E-state index < -0.39 is 0 Å². The first-order valence-corrected chi connectivity index (χ1v) is 8.84. The first kappa shape index (κ1) is 16.7. The van der Waals surface area contributed by atoms with Gasteiger partial charge in [-0.25, -0.2) is 4.98 Å². The molecule has 24 heavy (non-hydrogen) atoms. The fraction of sp³-hybridized carbons (Fsp3) is 0.222. The van der Waals surface area contributed by atoms with E-state index in [-0.39, 0.29) is 6.04 Å². The minimum absolute atomic E-state index is 0.0978. The fourth-order valence-electron chi connectivity index (χ4n) is 2.30. The quantitative estimate of drug-likeness (QED) is 0.685. The number of hydrogen-bond donors (Lipinski definition) is 1. The van der Waals surface area contributed by atoms with Crippen LogP contribution in [-0.4, -0.2) is 29.2 Å². The molecule has 1 heterocycles. The SMILES string of the molecule is COc1ccc(NC(=S)N(C)[C@H](C)c2nc3ccccc3s2)cc1. The van der Waals surface area contributed by atoms with Crippen LogP contribution in [0.5, 0.6) is 5.75 Å². The Morgan fingerprint density at radius 1 is 1.21 bits per heavy atom.